The standard InChI is InChI=1S/C15H18N2O4/c1-9(2)13-7-12(21-16-13)8-17(4)15(19)14-6-11(18)5-10(3)20-14/h5-7,9H,8H2,1-4H3. The molecule has 6 nitrogen and oxygen atoms in total. The Labute approximate surface area is 122 Å². The molecule has 0 saturated carbocycles. The van der Waals surface area contributed by atoms with Gasteiger partial charge >= 0.3 is 0 Å². The molecule has 6 heteroatoms. The van der Waals surface area contributed by atoms with Gasteiger partial charge in [0.15, 0.2) is 16.9 Å². The van der Waals surface area contributed by atoms with Gasteiger partial charge in [0.05, 0.1) is 12.2 Å². The summed E-state index contributed by atoms with van der Waals surface area (Å²) >= 11 is 0. The Morgan fingerprint density at radius 1 is 1.33 bits per heavy atom. The fourth-order valence-electron chi connectivity index (χ4n) is 1.88. The molecule has 2 heterocycles. The van der Waals surface area contributed by atoms with E-state index < -0.39 is 0 Å². The Balaban J connectivity index is 2.13. The average Bonchev–Trinajstić information content (AvgIpc) is 2.85. The van der Waals surface area contributed by atoms with Crippen LogP contribution in [0.5, 0.6) is 0 Å². The first-order valence-corrected chi connectivity index (χ1v) is 6.69. The van der Waals surface area contributed by atoms with Crippen LogP contribution in [0.4, 0.5) is 0 Å². The summed E-state index contributed by atoms with van der Waals surface area (Å²) in [6.45, 7) is 5.91. The van der Waals surface area contributed by atoms with Gasteiger partial charge in [0.2, 0.25) is 0 Å². The highest BCUT2D eigenvalue weighted by molar-refractivity contribution is 5.91. The highest BCUT2D eigenvalue weighted by Gasteiger charge is 2.18. The second-order valence-electron chi connectivity index (χ2n) is 5.30. The van der Waals surface area contributed by atoms with Crippen LogP contribution in [-0.2, 0) is 6.54 Å². The van der Waals surface area contributed by atoms with Gasteiger partial charge in [-0.2, -0.15) is 0 Å². The summed E-state index contributed by atoms with van der Waals surface area (Å²) in [4.78, 5) is 25.1. The summed E-state index contributed by atoms with van der Waals surface area (Å²) in [5.74, 6) is 0.897. The topological polar surface area (TPSA) is 76.6 Å². The van der Waals surface area contributed by atoms with Gasteiger partial charge in [-0.25, -0.2) is 0 Å². The predicted octanol–water partition coefficient (Wildman–Crippen LogP) is 2.33. The van der Waals surface area contributed by atoms with Gasteiger partial charge in [0.1, 0.15) is 5.76 Å². The number of carbonyl (C=O) groups is 1. The molecule has 21 heavy (non-hydrogen) atoms. The normalized spacial score (nSPS) is 10.9. The van der Waals surface area contributed by atoms with Crippen LogP contribution in [0.2, 0.25) is 0 Å². The molecule has 0 aliphatic heterocycles. The molecular formula is C15H18N2O4. The van der Waals surface area contributed by atoms with Crippen molar-refractivity contribution in [2.24, 2.45) is 0 Å². The highest BCUT2D eigenvalue weighted by atomic mass is 16.5. The van der Waals surface area contributed by atoms with Crippen molar-refractivity contribution in [1.82, 2.24) is 10.1 Å². The van der Waals surface area contributed by atoms with Crippen molar-refractivity contribution in [3.05, 3.63) is 51.4 Å². The lowest BCUT2D eigenvalue weighted by molar-refractivity contribution is 0.0736. The van der Waals surface area contributed by atoms with E-state index in [-0.39, 0.29) is 29.6 Å². The highest BCUT2D eigenvalue weighted by Crippen LogP contribution is 2.15. The van der Waals surface area contributed by atoms with Crippen molar-refractivity contribution < 1.29 is 13.7 Å². The van der Waals surface area contributed by atoms with Gasteiger partial charge in [0, 0.05) is 25.2 Å². The van der Waals surface area contributed by atoms with Crippen LogP contribution >= 0.6 is 0 Å². The number of amides is 1. The van der Waals surface area contributed by atoms with Gasteiger partial charge in [-0.15, -0.1) is 0 Å². The minimum absolute atomic E-state index is 0.0195. The zero-order valence-electron chi connectivity index (χ0n) is 12.5. The number of aromatic nitrogens is 1. The number of nitrogens with zero attached hydrogens (tertiary/aromatic N) is 2. The lowest BCUT2D eigenvalue weighted by Gasteiger charge is -2.14. The third-order valence-corrected chi connectivity index (χ3v) is 3.01. The Morgan fingerprint density at radius 2 is 2.05 bits per heavy atom. The Bertz CT molecular complexity index is 700. The van der Waals surface area contributed by atoms with Crippen molar-refractivity contribution in [2.45, 2.75) is 33.2 Å². The molecule has 0 saturated heterocycles. The molecule has 0 radical (unpaired) electrons. The zero-order valence-corrected chi connectivity index (χ0v) is 12.5. The molecular weight excluding hydrogens is 272 g/mol. The van der Waals surface area contributed by atoms with E-state index in [2.05, 4.69) is 5.16 Å². The first-order chi connectivity index (χ1) is 9.86. The van der Waals surface area contributed by atoms with Crippen LogP contribution in [0.3, 0.4) is 0 Å². The molecule has 0 atom stereocenters. The molecule has 0 aliphatic carbocycles. The van der Waals surface area contributed by atoms with Crippen LogP contribution in [-0.4, -0.2) is 23.0 Å². The fourth-order valence-corrected chi connectivity index (χ4v) is 1.88. The first-order valence-electron chi connectivity index (χ1n) is 6.69. The number of hydrogen-bond donors (Lipinski definition) is 0. The lowest BCUT2D eigenvalue weighted by atomic mass is 10.1. The van der Waals surface area contributed by atoms with Gasteiger partial charge in [-0.05, 0) is 12.8 Å². The molecule has 0 fully saturated rings. The number of aryl methyl sites for hydroxylation is 1. The van der Waals surface area contributed by atoms with Crippen LogP contribution < -0.4 is 5.43 Å². The number of rotatable bonds is 4. The van der Waals surface area contributed by atoms with E-state index in [4.69, 9.17) is 8.94 Å². The summed E-state index contributed by atoms with van der Waals surface area (Å²) < 4.78 is 10.5. The smallest absolute Gasteiger partial charge is 0.289 e. The second kappa shape index (κ2) is 5.95. The van der Waals surface area contributed by atoms with E-state index in [0.717, 1.165) is 5.69 Å². The summed E-state index contributed by atoms with van der Waals surface area (Å²) in [6, 6.07) is 4.34. The molecule has 2 aromatic heterocycles. The molecule has 0 N–H and O–H groups in total. The third-order valence-electron chi connectivity index (χ3n) is 3.01. The molecule has 0 aromatic carbocycles. The van der Waals surface area contributed by atoms with Gasteiger partial charge < -0.3 is 13.8 Å². The molecule has 0 unspecified atom stereocenters. The maximum absolute atomic E-state index is 12.2. The SMILES string of the molecule is Cc1cc(=O)cc(C(=O)N(C)Cc2cc(C(C)C)no2)o1. The van der Waals surface area contributed by atoms with E-state index in [9.17, 15) is 9.59 Å². The minimum Gasteiger partial charge on any atom is -0.456 e. The van der Waals surface area contributed by atoms with Crippen LogP contribution in [0.1, 0.15) is 47.5 Å². The maximum atomic E-state index is 12.2. The Morgan fingerprint density at radius 3 is 2.62 bits per heavy atom. The van der Waals surface area contributed by atoms with Crippen molar-refractivity contribution in [3.63, 3.8) is 0 Å². The quantitative estimate of drug-likeness (QED) is 0.863. The van der Waals surface area contributed by atoms with E-state index in [1.807, 2.05) is 19.9 Å². The van der Waals surface area contributed by atoms with Crippen LogP contribution in [0.15, 0.2) is 31.9 Å². The van der Waals surface area contributed by atoms with Gasteiger partial charge in [-0.3, -0.25) is 9.59 Å². The van der Waals surface area contributed by atoms with Gasteiger partial charge in [0.25, 0.3) is 5.91 Å². The van der Waals surface area contributed by atoms with E-state index >= 15 is 0 Å². The van der Waals surface area contributed by atoms with Crippen molar-refractivity contribution in [3.8, 4) is 0 Å². The first kappa shape index (κ1) is 15.0. The average molecular weight is 290 g/mol. The number of carbonyl (C=O) groups excluding carboxylic acids is 1. The predicted molar refractivity (Wildman–Crippen MR) is 76.1 cm³/mol. The third kappa shape index (κ3) is 3.59. The summed E-state index contributed by atoms with van der Waals surface area (Å²) in [7, 11) is 1.61. The maximum Gasteiger partial charge on any atom is 0.289 e. The molecule has 1 amide bonds. The number of hydrogen-bond acceptors (Lipinski definition) is 5. The van der Waals surface area contributed by atoms with Crippen molar-refractivity contribution >= 4 is 5.91 Å². The fraction of sp³-hybridized carbons (Fsp3) is 0.400. The van der Waals surface area contributed by atoms with E-state index in [1.165, 1.54) is 17.0 Å². The summed E-state index contributed by atoms with van der Waals surface area (Å²) in [6.07, 6.45) is 0. The molecule has 0 bridgehead atoms. The van der Waals surface area contributed by atoms with Crippen LogP contribution in [0.25, 0.3) is 0 Å². The monoisotopic (exact) mass is 290 g/mol. The minimum atomic E-state index is -0.377. The molecule has 0 aliphatic rings. The van der Waals surface area contributed by atoms with Crippen molar-refractivity contribution in [1.29, 1.82) is 0 Å². The van der Waals surface area contributed by atoms with Crippen LogP contribution in [0, 0.1) is 6.92 Å². The van der Waals surface area contributed by atoms with Gasteiger partial charge in [-0.1, -0.05) is 19.0 Å². The summed E-state index contributed by atoms with van der Waals surface area (Å²) in [5, 5.41) is 3.94. The largest absolute Gasteiger partial charge is 0.456 e. The molecule has 2 aromatic rings. The summed E-state index contributed by atoms with van der Waals surface area (Å²) in [5.41, 5.74) is 0.588. The molecule has 2 rings (SSSR count). The lowest BCUT2D eigenvalue weighted by Crippen LogP contribution is -2.27. The Hall–Kier alpha value is -2.37. The molecule has 0 spiro atoms. The second-order valence-corrected chi connectivity index (χ2v) is 5.30. The Kier molecular flexibility index (Phi) is 4.26. The zero-order chi connectivity index (χ0) is 15.6. The molecule has 112 valence electrons. The van der Waals surface area contributed by atoms with E-state index in [1.54, 1.807) is 14.0 Å². The van der Waals surface area contributed by atoms with E-state index in [0.29, 0.717) is 11.5 Å². The van der Waals surface area contributed by atoms with Crippen molar-refractivity contribution in [2.75, 3.05) is 7.05 Å².